The van der Waals surface area contributed by atoms with Crippen molar-refractivity contribution in [2.45, 2.75) is 38.6 Å². The molecule has 0 radical (unpaired) electrons. The summed E-state index contributed by atoms with van der Waals surface area (Å²) in [5, 5.41) is 23.2. The number of halogens is 1. The molecule has 0 bridgehead atoms. The predicted octanol–water partition coefficient (Wildman–Crippen LogP) is 5.04. The summed E-state index contributed by atoms with van der Waals surface area (Å²) in [5.74, 6) is 1.12. The molecule has 1 N–H and O–H groups in total. The van der Waals surface area contributed by atoms with Crippen LogP contribution in [0.15, 0.2) is 47.6 Å². The molecule has 168 valence electrons. The summed E-state index contributed by atoms with van der Waals surface area (Å²) in [6.07, 6.45) is -0.365. The molecule has 1 aromatic heterocycles. The Morgan fingerprint density at radius 2 is 2.09 bits per heavy atom. The van der Waals surface area contributed by atoms with E-state index in [1.807, 2.05) is 37.5 Å². The smallest absolute Gasteiger partial charge is 0.271 e. The van der Waals surface area contributed by atoms with Crippen LogP contribution < -0.4 is 10.1 Å². The van der Waals surface area contributed by atoms with E-state index in [1.54, 1.807) is 12.1 Å². The van der Waals surface area contributed by atoms with Gasteiger partial charge < -0.3 is 14.6 Å². The molecule has 0 aliphatic rings. The summed E-state index contributed by atoms with van der Waals surface area (Å²) in [7, 11) is 0. The third kappa shape index (κ3) is 5.77. The fourth-order valence-electron chi connectivity index (χ4n) is 3.02. The van der Waals surface area contributed by atoms with E-state index >= 15 is 0 Å². The largest absolute Gasteiger partial charge is 0.482 e. The molecule has 32 heavy (non-hydrogen) atoms. The lowest BCUT2D eigenvalue weighted by Gasteiger charge is -2.17. The van der Waals surface area contributed by atoms with E-state index in [2.05, 4.69) is 15.5 Å². The van der Waals surface area contributed by atoms with Gasteiger partial charge in [-0.25, -0.2) is 0 Å². The van der Waals surface area contributed by atoms with Crippen LogP contribution >= 0.6 is 23.4 Å². The number of benzene rings is 2. The number of hydrogen-bond donors (Lipinski definition) is 1. The first-order chi connectivity index (χ1) is 15.3. The zero-order chi connectivity index (χ0) is 23.3. The quantitative estimate of drug-likeness (QED) is 0.262. The molecule has 3 rings (SSSR count). The van der Waals surface area contributed by atoms with Gasteiger partial charge in [-0.1, -0.05) is 29.4 Å². The number of ether oxygens (including phenoxy) is 1. The lowest BCUT2D eigenvalue weighted by atomic mass is 10.2. The van der Waals surface area contributed by atoms with Gasteiger partial charge in [0.1, 0.15) is 5.75 Å². The van der Waals surface area contributed by atoms with Crippen molar-refractivity contribution in [3.05, 3.63) is 69.0 Å². The van der Waals surface area contributed by atoms with E-state index in [1.165, 1.54) is 30.0 Å². The number of carbonyl (C=O) groups is 1. The SMILES string of the molecule is CCn1c(SCC(=O)Nc2cccc([N+](=O)[O-])c2)nnc1C(C)Oc1ccc(Cl)cc1C. The summed E-state index contributed by atoms with van der Waals surface area (Å²) < 4.78 is 7.94. The average molecular weight is 476 g/mol. The molecule has 2 aromatic carbocycles. The second-order valence-corrected chi connectivity index (χ2v) is 8.28. The number of thioether (sulfide) groups is 1. The Bertz CT molecular complexity index is 1140. The molecule has 0 saturated heterocycles. The number of rotatable bonds is 9. The maximum atomic E-state index is 12.3. The monoisotopic (exact) mass is 475 g/mol. The highest BCUT2D eigenvalue weighted by Gasteiger charge is 2.20. The number of carbonyl (C=O) groups excluding carboxylic acids is 1. The van der Waals surface area contributed by atoms with Gasteiger partial charge in [-0.3, -0.25) is 14.9 Å². The Labute approximate surface area is 194 Å². The molecule has 0 spiro atoms. The van der Waals surface area contributed by atoms with Gasteiger partial charge in [0, 0.05) is 29.4 Å². The normalized spacial score (nSPS) is 11.8. The summed E-state index contributed by atoms with van der Waals surface area (Å²) in [5.41, 5.74) is 1.19. The second-order valence-electron chi connectivity index (χ2n) is 6.90. The van der Waals surface area contributed by atoms with E-state index in [9.17, 15) is 14.9 Å². The number of nitrogens with zero attached hydrogens (tertiary/aromatic N) is 4. The zero-order valence-electron chi connectivity index (χ0n) is 17.7. The molecule has 0 aliphatic carbocycles. The standard InChI is InChI=1S/C21H22ClN5O4S/c1-4-26-20(14(3)31-18-9-8-15(22)10-13(18)2)24-25-21(26)32-12-19(28)23-16-6-5-7-17(11-16)27(29)30/h5-11,14H,4,12H2,1-3H3,(H,23,28). The van der Waals surface area contributed by atoms with Crippen LogP contribution in [-0.4, -0.2) is 31.3 Å². The third-order valence-corrected chi connectivity index (χ3v) is 5.74. The summed E-state index contributed by atoms with van der Waals surface area (Å²) in [4.78, 5) is 22.7. The Hall–Kier alpha value is -3.11. The van der Waals surface area contributed by atoms with Gasteiger partial charge in [-0.05, 0) is 50.6 Å². The highest BCUT2D eigenvalue weighted by Crippen LogP contribution is 2.28. The van der Waals surface area contributed by atoms with Crippen LogP contribution in [0.2, 0.25) is 5.02 Å². The number of amides is 1. The number of nitrogens with one attached hydrogen (secondary N) is 1. The van der Waals surface area contributed by atoms with Gasteiger partial charge in [0.05, 0.1) is 10.7 Å². The van der Waals surface area contributed by atoms with Gasteiger partial charge in [-0.2, -0.15) is 0 Å². The highest BCUT2D eigenvalue weighted by molar-refractivity contribution is 7.99. The molecule has 1 unspecified atom stereocenters. The van der Waals surface area contributed by atoms with E-state index < -0.39 is 4.92 Å². The van der Waals surface area contributed by atoms with E-state index in [4.69, 9.17) is 16.3 Å². The summed E-state index contributed by atoms with van der Waals surface area (Å²) in [6, 6.07) is 11.2. The Balaban J connectivity index is 1.64. The average Bonchev–Trinajstić information content (AvgIpc) is 3.17. The molecule has 1 atom stereocenters. The van der Waals surface area contributed by atoms with E-state index in [0.717, 1.165) is 5.56 Å². The van der Waals surface area contributed by atoms with Gasteiger partial charge in [0.15, 0.2) is 17.1 Å². The van der Waals surface area contributed by atoms with Crippen LogP contribution in [0, 0.1) is 17.0 Å². The first kappa shape index (κ1) is 23.6. The molecular weight excluding hydrogens is 454 g/mol. The van der Waals surface area contributed by atoms with Crippen LogP contribution in [0.25, 0.3) is 0 Å². The Morgan fingerprint density at radius 1 is 1.31 bits per heavy atom. The van der Waals surface area contributed by atoms with Crippen molar-refractivity contribution >= 4 is 40.6 Å². The fourth-order valence-corrected chi connectivity index (χ4v) is 4.05. The minimum Gasteiger partial charge on any atom is -0.482 e. The number of aryl methyl sites for hydroxylation is 1. The first-order valence-electron chi connectivity index (χ1n) is 9.81. The fraction of sp³-hybridized carbons (Fsp3) is 0.286. The first-order valence-corrected chi connectivity index (χ1v) is 11.2. The minimum atomic E-state index is -0.509. The van der Waals surface area contributed by atoms with Crippen molar-refractivity contribution in [3.8, 4) is 5.75 Å². The van der Waals surface area contributed by atoms with Crippen molar-refractivity contribution in [3.63, 3.8) is 0 Å². The maximum absolute atomic E-state index is 12.3. The van der Waals surface area contributed by atoms with Crippen molar-refractivity contribution in [1.82, 2.24) is 14.8 Å². The molecule has 9 nitrogen and oxygen atoms in total. The second kappa shape index (κ2) is 10.5. The molecule has 1 heterocycles. The van der Waals surface area contributed by atoms with Crippen LogP contribution in [0.4, 0.5) is 11.4 Å². The number of anilines is 1. The lowest BCUT2D eigenvalue weighted by Crippen LogP contribution is -2.15. The molecule has 1 amide bonds. The zero-order valence-corrected chi connectivity index (χ0v) is 19.3. The Morgan fingerprint density at radius 3 is 2.78 bits per heavy atom. The maximum Gasteiger partial charge on any atom is 0.271 e. The molecule has 3 aromatic rings. The third-order valence-electron chi connectivity index (χ3n) is 4.54. The molecule has 0 fully saturated rings. The predicted molar refractivity (Wildman–Crippen MR) is 123 cm³/mol. The van der Waals surface area contributed by atoms with Gasteiger partial charge in [-0.15, -0.1) is 10.2 Å². The van der Waals surface area contributed by atoms with E-state index in [-0.39, 0.29) is 23.5 Å². The van der Waals surface area contributed by atoms with Crippen LogP contribution in [-0.2, 0) is 11.3 Å². The topological polar surface area (TPSA) is 112 Å². The molecule has 11 heteroatoms. The number of nitro benzene ring substituents is 1. The number of non-ortho nitro benzene ring substituents is 1. The molecular formula is C21H22ClN5O4S. The number of aromatic nitrogens is 3. The summed E-state index contributed by atoms with van der Waals surface area (Å²) in [6.45, 7) is 6.36. The van der Waals surface area contributed by atoms with Gasteiger partial charge in [0.25, 0.3) is 5.69 Å². The Kier molecular flexibility index (Phi) is 7.70. The van der Waals surface area contributed by atoms with Crippen molar-refractivity contribution in [2.75, 3.05) is 11.1 Å². The van der Waals surface area contributed by atoms with Gasteiger partial charge >= 0.3 is 0 Å². The summed E-state index contributed by atoms with van der Waals surface area (Å²) >= 11 is 7.24. The van der Waals surface area contributed by atoms with Crippen molar-refractivity contribution < 1.29 is 14.5 Å². The van der Waals surface area contributed by atoms with Crippen LogP contribution in [0.1, 0.15) is 31.3 Å². The minimum absolute atomic E-state index is 0.0757. The molecule has 0 saturated carbocycles. The van der Waals surface area contributed by atoms with Crippen molar-refractivity contribution in [1.29, 1.82) is 0 Å². The number of hydrogen-bond acceptors (Lipinski definition) is 7. The number of nitro groups is 1. The molecule has 0 aliphatic heterocycles. The van der Waals surface area contributed by atoms with E-state index in [0.29, 0.717) is 34.0 Å². The van der Waals surface area contributed by atoms with Gasteiger partial charge in [0.2, 0.25) is 5.91 Å². The van der Waals surface area contributed by atoms with Crippen molar-refractivity contribution in [2.24, 2.45) is 0 Å². The highest BCUT2D eigenvalue weighted by atomic mass is 35.5. The van der Waals surface area contributed by atoms with Crippen LogP contribution in [0.3, 0.4) is 0 Å². The van der Waals surface area contributed by atoms with Crippen LogP contribution in [0.5, 0.6) is 5.75 Å². The lowest BCUT2D eigenvalue weighted by molar-refractivity contribution is -0.384.